The van der Waals surface area contributed by atoms with E-state index in [9.17, 15) is 0 Å². The highest BCUT2D eigenvalue weighted by Gasteiger charge is 2.16. The first kappa shape index (κ1) is 7.96. The van der Waals surface area contributed by atoms with E-state index in [2.05, 4.69) is 0 Å². The van der Waals surface area contributed by atoms with Crippen LogP contribution in [0.3, 0.4) is 0 Å². The fraction of sp³-hybridized carbons (Fsp3) is 0.333. The number of likely N-dealkylation sites (N-methyl/N-ethyl adjacent to an activating group) is 1. The van der Waals surface area contributed by atoms with Crippen molar-refractivity contribution in [1.29, 1.82) is 0 Å². The molecule has 0 bridgehead atoms. The lowest BCUT2D eigenvalue weighted by Gasteiger charge is -2.22. The summed E-state index contributed by atoms with van der Waals surface area (Å²) in [7, 11) is 3.41. The number of hydrogen-bond donors (Lipinski definition) is 0. The van der Waals surface area contributed by atoms with Crippen LogP contribution in [0.25, 0.3) is 0 Å². The lowest BCUT2D eigenvalue weighted by atomic mass is 9.97. The molecule has 2 nitrogen and oxygen atoms in total. The summed E-state index contributed by atoms with van der Waals surface area (Å²) in [5, 5.41) is 0. The van der Waals surface area contributed by atoms with Crippen LogP contribution in [-0.4, -0.2) is 32.1 Å². The first-order valence-corrected chi connectivity index (χ1v) is 6.41. The molecular weight excluding hydrogens is 246 g/mol. The van der Waals surface area contributed by atoms with Crippen molar-refractivity contribution in [2.24, 2.45) is 0 Å². The summed E-state index contributed by atoms with van der Waals surface area (Å²) in [4.78, 5) is 1.62. The first-order chi connectivity index (χ1) is 12.5. The Morgan fingerprint density at radius 2 is 1.90 bits per heavy atom. The maximum atomic E-state index is 8.25. The zero-order valence-corrected chi connectivity index (χ0v) is 11.9. The van der Waals surface area contributed by atoms with E-state index in [4.69, 9.17) is 14.3 Å². The standard InChI is InChI=1S/C18H23NO/c1-15-9-7-8-12-17(15)18(20-14-13-19(2)3)16-10-5-4-6-11-16/h4-12,18H,13-14H2,1-3H3/i4D,5D,6D,10D,11D,14D2. The number of aryl methyl sites for hydroxylation is 1. The molecule has 1 atom stereocenters. The molecule has 2 rings (SSSR count). The smallest absolute Gasteiger partial charge is 0.108 e. The van der Waals surface area contributed by atoms with Gasteiger partial charge in [0, 0.05) is 6.54 Å². The minimum absolute atomic E-state index is 0.0476. The van der Waals surface area contributed by atoms with Crippen molar-refractivity contribution in [3.8, 4) is 0 Å². The van der Waals surface area contributed by atoms with Gasteiger partial charge < -0.3 is 9.64 Å². The van der Waals surface area contributed by atoms with Crippen LogP contribution in [0.1, 0.15) is 32.4 Å². The number of ether oxygens (including phenoxy) is 1. The second-order valence-corrected chi connectivity index (χ2v) is 4.78. The van der Waals surface area contributed by atoms with Gasteiger partial charge >= 0.3 is 0 Å². The number of hydrogen-bond acceptors (Lipinski definition) is 2. The minimum atomic E-state index is -2.10. The van der Waals surface area contributed by atoms with Gasteiger partial charge in [-0.25, -0.2) is 0 Å². The molecule has 0 aliphatic heterocycles. The Hall–Kier alpha value is -1.64. The molecule has 0 amide bonds. The van der Waals surface area contributed by atoms with E-state index in [-0.39, 0.29) is 12.1 Å². The fourth-order valence-electron chi connectivity index (χ4n) is 1.80. The van der Waals surface area contributed by atoms with Crippen molar-refractivity contribution in [3.05, 3.63) is 71.2 Å². The van der Waals surface area contributed by atoms with Gasteiger partial charge in [-0.05, 0) is 37.7 Å². The monoisotopic (exact) mass is 276 g/mol. The van der Waals surface area contributed by atoms with Gasteiger partial charge in [0.05, 0.1) is 16.2 Å². The third kappa shape index (κ3) is 3.92. The number of benzene rings is 2. The topological polar surface area (TPSA) is 12.5 Å². The highest BCUT2D eigenvalue weighted by Crippen LogP contribution is 2.28. The average molecular weight is 276 g/mol. The van der Waals surface area contributed by atoms with Crippen LogP contribution in [0.5, 0.6) is 0 Å². The third-order valence-corrected chi connectivity index (χ3v) is 2.83. The van der Waals surface area contributed by atoms with E-state index in [1.165, 1.54) is 0 Å². The second-order valence-electron chi connectivity index (χ2n) is 4.78. The van der Waals surface area contributed by atoms with Gasteiger partial charge in [-0.15, -0.1) is 0 Å². The largest absolute Gasteiger partial charge is 0.367 e. The second kappa shape index (κ2) is 7.22. The molecule has 0 saturated heterocycles. The summed E-state index contributed by atoms with van der Waals surface area (Å²) in [6.45, 7) is -0.337. The van der Waals surface area contributed by atoms with Crippen LogP contribution in [0.2, 0.25) is 0 Å². The van der Waals surface area contributed by atoms with Gasteiger partial charge in [0.15, 0.2) is 0 Å². The molecule has 106 valence electrons. The van der Waals surface area contributed by atoms with E-state index in [1.54, 1.807) is 31.1 Å². The van der Waals surface area contributed by atoms with Crippen LogP contribution < -0.4 is 0 Å². The van der Waals surface area contributed by atoms with Crippen LogP contribution in [0.15, 0.2) is 54.5 Å². The van der Waals surface area contributed by atoms with Crippen molar-refractivity contribution >= 4 is 0 Å². The van der Waals surface area contributed by atoms with E-state index in [0.29, 0.717) is 5.56 Å². The maximum Gasteiger partial charge on any atom is 0.108 e. The summed E-state index contributed by atoms with van der Waals surface area (Å²) in [6, 6.07) is 4.86. The van der Waals surface area contributed by atoms with Crippen molar-refractivity contribution in [2.45, 2.75) is 13.0 Å². The summed E-state index contributed by atoms with van der Waals surface area (Å²) >= 11 is 0. The molecule has 0 fully saturated rings. The van der Waals surface area contributed by atoms with Crippen molar-refractivity contribution in [1.82, 2.24) is 4.90 Å². The third-order valence-electron chi connectivity index (χ3n) is 2.83. The molecule has 0 aliphatic carbocycles. The van der Waals surface area contributed by atoms with Crippen LogP contribution in [-0.2, 0) is 4.74 Å². The SMILES string of the molecule is [2H]c1c([2H])c([2H])c(C(OC([2H])([2H])CN(C)C)c2ccccc2C)c([2H])c1[2H]. The Labute approximate surface area is 131 Å². The lowest BCUT2D eigenvalue weighted by Crippen LogP contribution is -2.20. The van der Waals surface area contributed by atoms with Gasteiger partial charge in [0.1, 0.15) is 6.10 Å². The molecule has 0 aliphatic rings. The Kier molecular flexibility index (Phi) is 2.88. The number of nitrogens with zero attached hydrogens (tertiary/aromatic N) is 1. The molecule has 0 radical (unpaired) electrons. The molecular formula is C18H23NO. The molecule has 1 unspecified atom stereocenters. The van der Waals surface area contributed by atoms with E-state index in [1.807, 2.05) is 19.1 Å². The van der Waals surface area contributed by atoms with E-state index >= 15 is 0 Å². The number of rotatable bonds is 6. The molecule has 0 spiro atoms. The summed E-state index contributed by atoms with van der Waals surface area (Å²) in [5.41, 5.74) is 1.26. The molecule has 2 aromatic rings. The van der Waals surface area contributed by atoms with Crippen molar-refractivity contribution in [3.63, 3.8) is 0 Å². The highest BCUT2D eigenvalue weighted by atomic mass is 16.5. The van der Waals surface area contributed by atoms with E-state index < -0.39 is 42.9 Å². The molecule has 2 aromatic carbocycles. The molecule has 0 N–H and O–H groups in total. The Balaban J connectivity index is 2.70. The molecule has 0 heterocycles. The summed E-state index contributed by atoms with van der Waals surface area (Å²) < 4.78 is 62.3. The lowest BCUT2D eigenvalue weighted by molar-refractivity contribution is 0.0683. The predicted molar refractivity (Wildman–Crippen MR) is 84.0 cm³/mol. The maximum absolute atomic E-state index is 8.25. The van der Waals surface area contributed by atoms with Crippen LogP contribution in [0, 0.1) is 6.92 Å². The Morgan fingerprint density at radius 3 is 2.55 bits per heavy atom. The highest BCUT2D eigenvalue weighted by molar-refractivity contribution is 5.35. The molecule has 0 saturated carbocycles. The van der Waals surface area contributed by atoms with Gasteiger partial charge in [0.2, 0.25) is 0 Å². The van der Waals surface area contributed by atoms with Gasteiger partial charge in [-0.2, -0.15) is 0 Å². The zero-order valence-electron chi connectivity index (χ0n) is 18.9. The zero-order chi connectivity index (χ0) is 20.5. The molecule has 20 heavy (non-hydrogen) atoms. The summed E-state index contributed by atoms with van der Waals surface area (Å²) in [6.07, 6.45) is -1.14. The normalized spacial score (nSPS) is 18.3. The van der Waals surface area contributed by atoms with Crippen LogP contribution >= 0.6 is 0 Å². The van der Waals surface area contributed by atoms with E-state index in [0.717, 1.165) is 5.56 Å². The fourth-order valence-corrected chi connectivity index (χ4v) is 1.80. The van der Waals surface area contributed by atoms with Crippen molar-refractivity contribution < 1.29 is 14.3 Å². The Bertz CT molecular complexity index is 810. The quantitative estimate of drug-likeness (QED) is 0.798. The molecule has 2 heteroatoms. The average Bonchev–Trinajstić information content (AvgIpc) is 2.56. The Morgan fingerprint density at radius 1 is 1.20 bits per heavy atom. The minimum Gasteiger partial charge on any atom is -0.367 e. The van der Waals surface area contributed by atoms with Crippen LogP contribution in [0.4, 0.5) is 0 Å². The van der Waals surface area contributed by atoms with Gasteiger partial charge in [0.25, 0.3) is 0 Å². The van der Waals surface area contributed by atoms with Gasteiger partial charge in [-0.1, -0.05) is 54.5 Å². The van der Waals surface area contributed by atoms with Gasteiger partial charge in [-0.3, -0.25) is 0 Å². The summed E-state index contributed by atoms with van der Waals surface area (Å²) in [5.74, 6) is 0. The first-order valence-electron chi connectivity index (χ1n) is 9.91. The molecule has 0 aromatic heterocycles. The van der Waals surface area contributed by atoms with Crippen molar-refractivity contribution in [2.75, 3.05) is 27.2 Å². The predicted octanol–water partition coefficient (Wildman–Crippen LogP) is 3.66.